The van der Waals surface area contributed by atoms with E-state index in [0.717, 1.165) is 24.9 Å². The highest BCUT2D eigenvalue weighted by atomic mass is 14.9. The standard InChI is InChI=1S/C20H35N/c1-7-8-17(6)20(14-21-13-15(2)3)19-11-9-18(10-12-19)16(4)5/h9-12,15-17,20-21H,7-8,13-14H2,1-6H3. The zero-order valence-electron chi connectivity index (χ0n) is 14.9. The van der Waals surface area contributed by atoms with Crippen LogP contribution in [0.5, 0.6) is 0 Å². The Morgan fingerprint density at radius 3 is 1.90 bits per heavy atom. The van der Waals surface area contributed by atoms with Gasteiger partial charge in [0.15, 0.2) is 0 Å². The first-order valence-electron chi connectivity index (χ1n) is 8.76. The van der Waals surface area contributed by atoms with Gasteiger partial charge >= 0.3 is 0 Å². The van der Waals surface area contributed by atoms with E-state index in [1.54, 1.807) is 0 Å². The summed E-state index contributed by atoms with van der Waals surface area (Å²) < 4.78 is 0. The Kier molecular flexibility index (Phi) is 8.03. The highest BCUT2D eigenvalue weighted by molar-refractivity contribution is 5.27. The molecule has 21 heavy (non-hydrogen) atoms. The van der Waals surface area contributed by atoms with Gasteiger partial charge in [-0.25, -0.2) is 0 Å². The predicted octanol–water partition coefficient (Wildman–Crippen LogP) is 5.58. The molecule has 0 amide bonds. The summed E-state index contributed by atoms with van der Waals surface area (Å²) in [5, 5.41) is 3.66. The van der Waals surface area contributed by atoms with Crippen molar-refractivity contribution in [3.63, 3.8) is 0 Å². The van der Waals surface area contributed by atoms with Gasteiger partial charge in [0.05, 0.1) is 0 Å². The third kappa shape index (κ3) is 6.22. The van der Waals surface area contributed by atoms with Crippen LogP contribution in [0.1, 0.15) is 77.3 Å². The first-order valence-corrected chi connectivity index (χ1v) is 8.76. The highest BCUT2D eigenvalue weighted by Gasteiger charge is 2.18. The minimum atomic E-state index is 0.615. The first kappa shape index (κ1) is 18.2. The SMILES string of the molecule is CCCC(C)C(CNCC(C)C)c1ccc(C(C)C)cc1. The van der Waals surface area contributed by atoms with Crippen molar-refractivity contribution >= 4 is 0 Å². The van der Waals surface area contributed by atoms with Gasteiger partial charge in [-0.15, -0.1) is 0 Å². The van der Waals surface area contributed by atoms with Gasteiger partial charge in [0.25, 0.3) is 0 Å². The summed E-state index contributed by atoms with van der Waals surface area (Å²) in [6.45, 7) is 16.0. The van der Waals surface area contributed by atoms with Gasteiger partial charge in [0.2, 0.25) is 0 Å². The Balaban J connectivity index is 2.78. The molecule has 1 nitrogen and oxygen atoms in total. The van der Waals surface area contributed by atoms with Crippen molar-refractivity contribution in [1.29, 1.82) is 0 Å². The molecule has 0 saturated carbocycles. The summed E-state index contributed by atoms with van der Waals surface area (Å²) in [5.41, 5.74) is 2.94. The molecule has 0 aliphatic rings. The molecule has 1 rings (SSSR count). The topological polar surface area (TPSA) is 12.0 Å². The molecule has 1 N–H and O–H groups in total. The largest absolute Gasteiger partial charge is 0.316 e. The fourth-order valence-corrected chi connectivity index (χ4v) is 2.96. The Labute approximate surface area is 132 Å². The van der Waals surface area contributed by atoms with Crippen LogP contribution >= 0.6 is 0 Å². The first-order chi connectivity index (χ1) is 9.95. The summed E-state index contributed by atoms with van der Waals surface area (Å²) in [5.74, 6) is 2.70. The molecule has 0 aliphatic carbocycles. The maximum absolute atomic E-state index is 3.66. The van der Waals surface area contributed by atoms with Gasteiger partial charge in [0, 0.05) is 6.54 Å². The smallest absolute Gasteiger partial charge is 0.00228 e. The van der Waals surface area contributed by atoms with E-state index < -0.39 is 0 Å². The normalized spacial score (nSPS) is 14.7. The molecule has 1 heteroatoms. The molecule has 0 spiro atoms. The van der Waals surface area contributed by atoms with E-state index in [0.29, 0.717) is 11.8 Å². The molecule has 2 unspecified atom stereocenters. The van der Waals surface area contributed by atoms with Gasteiger partial charge < -0.3 is 5.32 Å². The third-order valence-corrected chi connectivity index (χ3v) is 4.38. The lowest BCUT2D eigenvalue weighted by Crippen LogP contribution is -2.28. The van der Waals surface area contributed by atoms with Crippen molar-refractivity contribution in [3.05, 3.63) is 35.4 Å². The van der Waals surface area contributed by atoms with E-state index >= 15 is 0 Å². The number of hydrogen-bond donors (Lipinski definition) is 1. The Bertz CT molecular complexity index is 377. The average Bonchev–Trinajstić information content (AvgIpc) is 2.43. The van der Waals surface area contributed by atoms with Crippen molar-refractivity contribution in [2.24, 2.45) is 11.8 Å². The van der Waals surface area contributed by atoms with Crippen LogP contribution in [-0.4, -0.2) is 13.1 Å². The number of hydrogen-bond acceptors (Lipinski definition) is 1. The van der Waals surface area contributed by atoms with Crippen LogP contribution in [0.4, 0.5) is 0 Å². The molecule has 1 aromatic rings. The minimum Gasteiger partial charge on any atom is -0.316 e. The van der Waals surface area contributed by atoms with Crippen LogP contribution in [0.25, 0.3) is 0 Å². The minimum absolute atomic E-state index is 0.615. The summed E-state index contributed by atoms with van der Waals surface area (Å²) in [7, 11) is 0. The Morgan fingerprint density at radius 2 is 1.43 bits per heavy atom. The molecule has 0 aromatic heterocycles. The lowest BCUT2D eigenvalue weighted by atomic mass is 9.83. The zero-order chi connectivity index (χ0) is 15.8. The zero-order valence-corrected chi connectivity index (χ0v) is 14.9. The van der Waals surface area contributed by atoms with Crippen molar-refractivity contribution in [2.45, 2.75) is 66.2 Å². The lowest BCUT2D eigenvalue weighted by molar-refractivity contribution is 0.394. The second-order valence-electron chi connectivity index (χ2n) is 7.25. The van der Waals surface area contributed by atoms with E-state index in [4.69, 9.17) is 0 Å². The third-order valence-electron chi connectivity index (χ3n) is 4.38. The van der Waals surface area contributed by atoms with E-state index in [1.165, 1.54) is 24.0 Å². The predicted molar refractivity (Wildman–Crippen MR) is 95.1 cm³/mol. The molecule has 0 heterocycles. The van der Waals surface area contributed by atoms with Crippen LogP contribution < -0.4 is 5.32 Å². The quantitative estimate of drug-likeness (QED) is 0.626. The number of nitrogens with one attached hydrogen (secondary N) is 1. The fraction of sp³-hybridized carbons (Fsp3) is 0.700. The van der Waals surface area contributed by atoms with Crippen molar-refractivity contribution in [1.82, 2.24) is 5.32 Å². The fourth-order valence-electron chi connectivity index (χ4n) is 2.96. The van der Waals surface area contributed by atoms with Crippen LogP contribution in [0.3, 0.4) is 0 Å². The monoisotopic (exact) mass is 289 g/mol. The summed E-state index contributed by atoms with van der Waals surface area (Å²) in [6, 6.07) is 9.33. The van der Waals surface area contributed by atoms with Crippen LogP contribution in [0.2, 0.25) is 0 Å². The second kappa shape index (κ2) is 9.25. The highest BCUT2D eigenvalue weighted by Crippen LogP contribution is 2.28. The Hall–Kier alpha value is -0.820. The molecule has 120 valence electrons. The van der Waals surface area contributed by atoms with E-state index in [-0.39, 0.29) is 0 Å². The maximum atomic E-state index is 3.66. The van der Waals surface area contributed by atoms with Gasteiger partial charge in [-0.3, -0.25) is 0 Å². The molecular formula is C20H35N. The molecular weight excluding hydrogens is 254 g/mol. The maximum Gasteiger partial charge on any atom is 0.00228 e. The van der Waals surface area contributed by atoms with Gasteiger partial charge in [-0.1, -0.05) is 78.6 Å². The van der Waals surface area contributed by atoms with Crippen molar-refractivity contribution in [2.75, 3.05) is 13.1 Å². The molecule has 0 aliphatic heterocycles. The average molecular weight is 290 g/mol. The number of benzene rings is 1. The van der Waals surface area contributed by atoms with Crippen molar-refractivity contribution in [3.8, 4) is 0 Å². The van der Waals surface area contributed by atoms with Crippen molar-refractivity contribution < 1.29 is 0 Å². The number of rotatable bonds is 9. The second-order valence-corrected chi connectivity index (χ2v) is 7.25. The molecule has 0 bridgehead atoms. The van der Waals surface area contributed by atoms with Gasteiger partial charge in [-0.2, -0.15) is 0 Å². The van der Waals surface area contributed by atoms with Crippen LogP contribution in [0.15, 0.2) is 24.3 Å². The van der Waals surface area contributed by atoms with E-state index in [2.05, 4.69) is 71.1 Å². The van der Waals surface area contributed by atoms with Gasteiger partial charge in [0.1, 0.15) is 0 Å². The van der Waals surface area contributed by atoms with E-state index in [1.807, 2.05) is 0 Å². The summed E-state index contributed by atoms with van der Waals surface area (Å²) in [6.07, 6.45) is 2.58. The van der Waals surface area contributed by atoms with E-state index in [9.17, 15) is 0 Å². The summed E-state index contributed by atoms with van der Waals surface area (Å²) >= 11 is 0. The molecule has 0 fully saturated rings. The van der Waals surface area contributed by atoms with Crippen LogP contribution in [0, 0.1) is 11.8 Å². The van der Waals surface area contributed by atoms with Crippen LogP contribution in [-0.2, 0) is 0 Å². The lowest BCUT2D eigenvalue weighted by Gasteiger charge is -2.25. The Morgan fingerprint density at radius 1 is 0.857 bits per heavy atom. The summed E-state index contributed by atoms with van der Waals surface area (Å²) in [4.78, 5) is 0. The molecule has 0 radical (unpaired) electrons. The molecule has 0 saturated heterocycles. The molecule has 1 aromatic carbocycles. The van der Waals surface area contributed by atoms with Gasteiger partial charge in [-0.05, 0) is 41.3 Å². The molecule has 2 atom stereocenters.